The summed E-state index contributed by atoms with van der Waals surface area (Å²) in [5.74, 6) is 0. The minimum absolute atomic E-state index is 0.307. The Bertz CT molecular complexity index is 2140. The van der Waals surface area contributed by atoms with Crippen LogP contribution in [0.5, 0.6) is 0 Å². The molecule has 35 heteroatoms. The van der Waals surface area contributed by atoms with E-state index >= 15 is 0 Å². The molecule has 0 radical (unpaired) electrons. The molecule has 22 rings (SSSR count). The van der Waals surface area contributed by atoms with Crippen molar-refractivity contribution in [3.05, 3.63) is 30.3 Å². The van der Waals surface area contributed by atoms with Gasteiger partial charge in [0.15, 0.2) is 44.0 Å². The highest BCUT2D eigenvalue weighted by Gasteiger charge is 2.59. The summed E-state index contributed by atoms with van der Waals surface area (Å²) in [6, 6.07) is 8.36. The van der Waals surface area contributed by atoms with Crippen LogP contribution in [-0.2, 0) is 66.3 Å². The van der Waals surface area contributed by atoms with Crippen LogP contribution in [0.3, 0.4) is 0 Å². The third kappa shape index (κ3) is 13.2. The fraction of sp³-hybridized carbons (Fsp3) is 0.875. The van der Waals surface area contributed by atoms with Crippen LogP contribution in [0, 0.1) is 0 Å². The van der Waals surface area contributed by atoms with Crippen LogP contribution in [0.4, 0.5) is 5.69 Å². The number of anilines is 1. The predicted octanol–water partition coefficient (Wildman–Crippen LogP) is -13.1. The molecule has 0 unspecified atom stereocenters. The van der Waals surface area contributed by atoms with E-state index < -0.39 is 255 Å². The summed E-state index contributed by atoms with van der Waals surface area (Å²) in [5, 5.41) is 226. The predicted molar refractivity (Wildman–Crippen MR) is 256 cm³/mol. The smallest absolute Gasteiger partial charge is 0.187 e. The van der Waals surface area contributed by atoms with Crippen LogP contribution in [0.15, 0.2) is 30.3 Å². The summed E-state index contributed by atoms with van der Waals surface area (Å²) in [6.45, 7) is -6.52. The fourth-order valence-electron chi connectivity index (χ4n) is 11.2. The number of aliphatic hydroxyl groups excluding tert-OH is 20. The minimum atomic E-state index is -2.21. The zero-order chi connectivity index (χ0) is 59.9. The zero-order valence-corrected chi connectivity index (χ0v) is 43.7. The summed E-state index contributed by atoms with van der Waals surface area (Å²) >= 11 is 0. The maximum atomic E-state index is 11.8. The van der Waals surface area contributed by atoms with E-state index in [9.17, 15) is 102 Å². The minimum Gasteiger partial charge on any atom is -0.394 e. The van der Waals surface area contributed by atoms with Crippen molar-refractivity contribution in [1.29, 1.82) is 0 Å². The Morgan fingerprint density at radius 1 is 0.241 bits per heavy atom. The van der Waals surface area contributed by atoms with Gasteiger partial charge < -0.3 is 174 Å². The third-order valence-corrected chi connectivity index (χ3v) is 15.9. The first-order valence-corrected chi connectivity index (χ1v) is 26.8. The quantitative estimate of drug-likeness (QED) is 0.109. The van der Waals surface area contributed by atoms with E-state index in [0.29, 0.717) is 5.69 Å². The third-order valence-electron chi connectivity index (χ3n) is 15.9. The Morgan fingerprint density at radius 2 is 0.422 bits per heavy atom. The summed E-state index contributed by atoms with van der Waals surface area (Å²) < 4.78 is 81.2. The first-order valence-electron chi connectivity index (χ1n) is 26.8. The molecule has 21 N–H and O–H groups in total. The van der Waals surface area contributed by atoms with E-state index in [1.54, 1.807) is 30.3 Å². The molecule has 1 aromatic rings. The highest BCUT2D eigenvalue weighted by molar-refractivity contribution is 5.42. The molecule has 21 fully saturated rings. The molecule has 35 atom stereocenters. The number of benzene rings is 1. The number of nitrogens with one attached hydrogen (secondary N) is 1. The molecular formula is C48H75NO34. The molecule has 35 nitrogen and oxygen atoms in total. The lowest BCUT2D eigenvalue weighted by molar-refractivity contribution is -0.396. The SMILES string of the molecule is OC[C@H]1O[C@@H]2O[C@H]3[C@H](O)[C@@H](O)[C@@H](O[C@H]4[C@H](O)[C@@H](O)[C@@H](O[C@H]5[C@H](O)[C@@H](O)[C@@H](O[C@H]6[C@H](O)[C@@H](O)[C@@H](O[C@H]7[C@H](O)[C@@H](O)[C@@H](O[C@H]8[C@H](O)[C@H](O)[C@@H](O[C@H]1[C@H](O)[C@@H]2O)O[C@@H]8CO)O[C@@H]7CNc1ccccc1)O[C@@H]6CO)O[C@@H]5CO)O[C@@H]4CO)O[C@@H]3CO. The van der Waals surface area contributed by atoms with Crippen molar-refractivity contribution in [2.24, 2.45) is 0 Å². The van der Waals surface area contributed by atoms with Gasteiger partial charge in [0.1, 0.15) is 171 Å². The Kier molecular flexibility index (Phi) is 22.0. The van der Waals surface area contributed by atoms with Gasteiger partial charge in [-0.25, -0.2) is 0 Å². The van der Waals surface area contributed by atoms with Gasteiger partial charge in [0.2, 0.25) is 0 Å². The van der Waals surface area contributed by atoms with E-state index in [4.69, 9.17) is 66.3 Å². The number of aliphatic hydroxyl groups is 20. The molecular weight excluding hydrogens is 1130 g/mol. The molecule has 21 aliphatic heterocycles. The lowest BCUT2D eigenvalue weighted by Gasteiger charge is -2.50. The van der Waals surface area contributed by atoms with E-state index in [-0.39, 0.29) is 6.54 Å². The van der Waals surface area contributed by atoms with Gasteiger partial charge in [-0.2, -0.15) is 0 Å². The largest absolute Gasteiger partial charge is 0.394 e. The highest BCUT2D eigenvalue weighted by Crippen LogP contribution is 2.39. The van der Waals surface area contributed by atoms with E-state index in [2.05, 4.69) is 5.32 Å². The van der Waals surface area contributed by atoms with Gasteiger partial charge in [0.25, 0.3) is 0 Å². The number of rotatable bonds is 9. The molecule has 0 amide bonds. The van der Waals surface area contributed by atoms with E-state index in [1.807, 2.05) is 0 Å². The van der Waals surface area contributed by atoms with Crippen LogP contribution < -0.4 is 5.32 Å². The van der Waals surface area contributed by atoms with Crippen LogP contribution in [0.1, 0.15) is 0 Å². The first-order chi connectivity index (χ1) is 39.7. The normalized spacial score (nSPS) is 52.1. The van der Waals surface area contributed by atoms with Crippen LogP contribution in [0.2, 0.25) is 0 Å². The summed E-state index contributed by atoms with van der Waals surface area (Å²) in [7, 11) is 0. The Balaban J connectivity index is 1.01. The van der Waals surface area contributed by atoms with Gasteiger partial charge in [-0.05, 0) is 12.1 Å². The van der Waals surface area contributed by atoms with Gasteiger partial charge >= 0.3 is 0 Å². The number of hydrogen-bond acceptors (Lipinski definition) is 35. The van der Waals surface area contributed by atoms with Gasteiger partial charge in [0.05, 0.1) is 39.6 Å². The summed E-state index contributed by atoms with van der Waals surface area (Å²) in [5.41, 5.74) is 0.488. The lowest BCUT2D eigenvalue weighted by atomic mass is 9.95. The molecule has 0 aromatic heterocycles. The monoisotopic (exact) mass is 1210 g/mol. The molecule has 0 aliphatic carbocycles. The molecule has 83 heavy (non-hydrogen) atoms. The zero-order valence-electron chi connectivity index (χ0n) is 43.7. The Hall–Kier alpha value is -2.34. The van der Waals surface area contributed by atoms with Gasteiger partial charge in [-0.1, -0.05) is 18.2 Å². The lowest BCUT2D eigenvalue weighted by Crippen LogP contribution is -2.68. The molecule has 21 aliphatic rings. The summed E-state index contributed by atoms with van der Waals surface area (Å²) in [6.07, 6.45) is -69.3. The second kappa shape index (κ2) is 28.0. The standard InChI is InChI=1S/C48H75NO34/c50-7-15-36-23(58)30(65)44(72-15)80-38-17(9-52)74-46(32(67)25(38)60)82-40-19(11-54)76-48(34(69)27(40)62)83-41-20(12-55)75-47(33(68)26(41)61)81-39-18(10-53)73-45(31(66)24(39)59)79-37-16(8-51)71-43(29(64)22(37)57)77-35-14(6-49-13-4-2-1-3-5-13)70-42(78-36)28(63)21(35)56/h1-5,14-69H,6-12H2/t14-,15-,16-,17-,18-,19-,20-,21-,22-,23-,24-,25-,26-,27-,28-,29-,30+,31-,32+,33-,34-,35-,36-,37-,38-,39-,40-,41-,42-,43-,44-,45-,46-,47-,48-/m1/s1. The molecule has 1 aromatic carbocycles. The van der Waals surface area contributed by atoms with Crippen molar-refractivity contribution >= 4 is 5.69 Å². The molecule has 0 saturated carbocycles. The van der Waals surface area contributed by atoms with Gasteiger partial charge in [0, 0.05) is 12.2 Å². The van der Waals surface area contributed by atoms with Crippen molar-refractivity contribution in [3.8, 4) is 0 Å². The molecule has 0 spiro atoms. The second-order valence-corrected chi connectivity index (χ2v) is 21.2. The van der Waals surface area contributed by atoms with Crippen LogP contribution in [0.25, 0.3) is 0 Å². The molecule has 21 saturated heterocycles. The van der Waals surface area contributed by atoms with Gasteiger partial charge in [-0.15, -0.1) is 0 Å². The first kappa shape index (κ1) is 65.1. The van der Waals surface area contributed by atoms with Gasteiger partial charge in [-0.3, -0.25) is 0 Å². The maximum Gasteiger partial charge on any atom is 0.187 e. The molecule has 21 heterocycles. The van der Waals surface area contributed by atoms with Crippen LogP contribution >= 0.6 is 0 Å². The average Bonchev–Trinajstić information content (AvgIpc) is 3.67. The topological polar surface area (TPSA) is 546 Å². The maximum absolute atomic E-state index is 11.8. The van der Waals surface area contributed by atoms with E-state index in [1.165, 1.54) is 0 Å². The highest BCUT2D eigenvalue weighted by atomic mass is 16.8. The Labute approximate surface area is 470 Å². The fourth-order valence-corrected chi connectivity index (χ4v) is 11.2. The number of ether oxygens (including phenoxy) is 14. The van der Waals surface area contributed by atoms with Crippen molar-refractivity contribution < 1.29 is 168 Å². The number of para-hydroxylation sites is 1. The summed E-state index contributed by atoms with van der Waals surface area (Å²) in [4.78, 5) is 0. The van der Waals surface area contributed by atoms with Crippen molar-refractivity contribution in [2.75, 3.05) is 51.5 Å². The number of hydrogen-bond donors (Lipinski definition) is 21. The second-order valence-electron chi connectivity index (χ2n) is 21.2. The molecule has 476 valence electrons. The van der Waals surface area contributed by atoms with Crippen molar-refractivity contribution in [2.45, 2.75) is 215 Å². The Morgan fingerprint density at radius 3 is 0.614 bits per heavy atom. The van der Waals surface area contributed by atoms with Crippen molar-refractivity contribution in [1.82, 2.24) is 0 Å². The average molecular weight is 1210 g/mol. The van der Waals surface area contributed by atoms with E-state index in [0.717, 1.165) is 0 Å². The van der Waals surface area contributed by atoms with Crippen molar-refractivity contribution in [3.63, 3.8) is 0 Å². The van der Waals surface area contributed by atoms with Crippen LogP contribution in [-0.4, -0.2) is 363 Å². The molecule has 14 bridgehead atoms.